The third-order valence-electron chi connectivity index (χ3n) is 2.91. The van der Waals surface area contributed by atoms with Crippen molar-refractivity contribution < 1.29 is 4.52 Å². The number of benzene rings is 1. The van der Waals surface area contributed by atoms with Crippen molar-refractivity contribution >= 4 is 22.5 Å². The van der Waals surface area contributed by atoms with E-state index in [1.807, 2.05) is 42.1 Å². The van der Waals surface area contributed by atoms with Crippen molar-refractivity contribution in [3.63, 3.8) is 0 Å². The lowest BCUT2D eigenvalue weighted by Crippen LogP contribution is -1.91. The molecular weight excluding hydrogens is 216 g/mol. The van der Waals surface area contributed by atoms with Gasteiger partial charge < -0.3 is 20.6 Å². The van der Waals surface area contributed by atoms with Gasteiger partial charge in [-0.3, -0.25) is 0 Å². The average Bonchev–Trinajstić information content (AvgIpc) is 2.83. The smallest absolute Gasteiger partial charge is 0.245 e. The number of nitrogens with two attached hydrogens (primary N) is 2. The van der Waals surface area contributed by atoms with Crippen LogP contribution >= 0.6 is 0 Å². The fourth-order valence-corrected chi connectivity index (χ4v) is 2.03. The summed E-state index contributed by atoms with van der Waals surface area (Å²) in [6.07, 6.45) is 1.97. The minimum absolute atomic E-state index is 0.160. The second-order valence-electron chi connectivity index (χ2n) is 3.98. The van der Waals surface area contributed by atoms with Gasteiger partial charge in [0.2, 0.25) is 5.88 Å². The molecule has 0 atom stereocenters. The predicted octanol–water partition coefficient (Wildman–Crippen LogP) is 2.00. The Morgan fingerprint density at radius 1 is 1.24 bits per heavy atom. The SMILES string of the molecule is Cn1cc(-c2noc(N)c2N)c2ccccc21. The number of aromatic nitrogens is 2. The van der Waals surface area contributed by atoms with Crippen LogP contribution in [0.1, 0.15) is 0 Å². The third kappa shape index (κ3) is 1.29. The van der Waals surface area contributed by atoms with E-state index in [0.717, 1.165) is 16.5 Å². The number of hydrogen-bond donors (Lipinski definition) is 2. The molecule has 3 aromatic rings. The number of nitrogens with zero attached hydrogens (tertiary/aromatic N) is 2. The predicted molar refractivity (Wildman–Crippen MR) is 67.2 cm³/mol. The Morgan fingerprint density at radius 2 is 2.00 bits per heavy atom. The van der Waals surface area contributed by atoms with E-state index in [9.17, 15) is 0 Å². The zero-order valence-electron chi connectivity index (χ0n) is 9.34. The summed E-state index contributed by atoms with van der Waals surface area (Å²) in [5.74, 6) is 0.160. The van der Waals surface area contributed by atoms with Crippen molar-refractivity contribution in [2.24, 2.45) is 7.05 Å². The van der Waals surface area contributed by atoms with Gasteiger partial charge in [0.1, 0.15) is 11.4 Å². The minimum Gasteiger partial charge on any atom is -0.392 e. The van der Waals surface area contributed by atoms with E-state index in [1.54, 1.807) is 0 Å². The maximum absolute atomic E-state index is 5.84. The van der Waals surface area contributed by atoms with Crippen LogP contribution in [0.2, 0.25) is 0 Å². The molecule has 5 nitrogen and oxygen atoms in total. The van der Waals surface area contributed by atoms with Crippen LogP contribution in [0.3, 0.4) is 0 Å². The summed E-state index contributed by atoms with van der Waals surface area (Å²) in [5, 5.41) is 4.99. The van der Waals surface area contributed by atoms with Crippen LogP contribution in [0.25, 0.3) is 22.2 Å². The van der Waals surface area contributed by atoms with E-state index < -0.39 is 0 Å². The van der Waals surface area contributed by atoms with Crippen LogP contribution in [0.5, 0.6) is 0 Å². The molecule has 0 aliphatic heterocycles. The molecular formula is C12H12N4O. The third-order valence-corrected chi connectivity index (χ3v) is 2.91. The van der Waals surface area contributed by atoms with Crippen molar-refractivity contribution in [1.82, 2.24) is 9.72 Å². The standard InChI is InChI=1S/C12H12N4O/c1-16-6-8(7-4-2-3-5-9(7)16)11-10(13)12(14)17-15-11/h2-6H,13-14H2,1H3. The van der Waals surface area contributed by atoms with Gasteiger partial charge in [0.05, 0.1) is 0 Å². The van der Waals surface area contributed by atoms with Gasteiger partial charge in [-0.1, -0.05) is 23.4 Å². The first-order valence-electron chi connectivity index (χ1n) is 5.23. The van der Waals surface area contributed by atoms with Crippen molar-refractivity contribution in [1.29, 1.82) is 0 Å². The lowest BCUT2D eigenvalue weighted by Gasteiger charge is -1.94. The van der Waals surface area contributed by atoms with E-state index in [1.165, 1.54) is 0 Å². The van der Waals surface area contributed by atoms with Gasteiger partial charge in [-0.15, -0.1) is 0 Å². The number of para-hydroxylation sites is 1. The highest BCUT2D eigenvalue weighted by molar-refractivity contribution is 5.98. The fraction of sp³-hybridized carbons (Fsp3) is 0.0833. The van der Waals surface area contributed by atoms with E-state index in [0.29, 0.717) is 11.4 Å². The van der Waals surface area contributed by atoms with Gasteiger partial charge in [-0.25, -0.2) is 0 Å². The molecule has 0 amide bonds. The molecule has 5 heteroatoms. The molecule has 2 aromatic heterocycles. The zero-order valence-corrected chi connectivity index (χ0v) is 9.34. The quantitative estimate of drug-likeness (QED) is 0.667. The van der Waals surface area contributed by atoms with Crippen molar-refractivity contribution in [3.8, 4) is 11.3 Å². The molecule has 0 saturated carbocycles. The summed E-state index contributed by atoms with van der Waals surface area (Å²) in [4.78, 5) is 0. The molecule has 17 heavy (non-hydrogen) atoms. The van der Waals surface area contributed by atoms with Gasteiger partial charge >= 0.3 is 0 Å². The molecule has 4 N–H and O–H groups in total. The van der Waals surface area contributed by atoms with Gasteiger partial charge in [0, 0.05) is 29.7 Å². The van der Waals surface area contributed by atoms with Crippen LogP contribution in [-0.2, 0) is 7.05 Å². The zero-order chi connectivity index (χ0) is 12.0. The molecule has 0 radical (unpaired) electrons. The lowest BCUT2D eigenvalue weighted by atomic mass is 10.1. The number of rotatable bonds is 1. The first kappa shape index (κ1) is 9.77. The average molecular weight is 228 g/mol. The lowest BCUT2D eigenvalue weighted by molar-refractivity contribution is 0.439. The minimum atomic E-state index is 0.160. The number of hydrogen-bond acceptors (Lipinski definition) is 4. The molecule has 0 bridgehead atoms. The highest BCUT2D eigenvalue weighted by atomic mass is 16.5. The van der Waals surface area contributed by atoms with Gasteiger partial charge in [0.25, 0.3) is 0 Å². The van der Waals surface area contributed by atoms with Crippen molar-refractivity contribution in [2.75, 3.05) is 11.5 Å². The molecule has 0 fully saturated rings. The van der Waals surface area contributed by atoms with E-state index in [2.05, 4.69) is 5.16 Å². The van der Waals surface area contributed by atoms with Gasteiger partial charge in [0.15, 0.2) is 0 Å². The van der Waals surface area contributed by atoms with Gasteiger partial charge in [-0.05, 0) is 6.07 Å². The number of nitrogen functional groups attached to an aromatic ring is 2. The Kier molecular flexibility index (Phi) is 1.89. The van der Waals surface area contributed by atoms with Crippen LogP contribution < -0.4 is 11.5 Å². The second-order valence-corrected chi connectivity index (χ2v) is 3.98. The summed E-state index contributed by atoms with van der Waals surface area (Å²) in [6.45, 7) is 0. The molecule has 0 spiro atoms. The number of aryl methyl sites for hydroxylation is 1. The van der Waals surface area contributed by atoms with E-state index in [4.69, 9.17) is 16.0 Å². The number of anilines is 2. The highest BCUT2D eigenvalue weighted by Gasteiger charge is 2.16. The summed E-state index contributed by atoms with van der Waals surface area (Å²) in [7, 11) is 1.98. The molecule has 86 valence electrons. The van der Waals surface area contributed by atoms with E-state index in [-0.39, 0.29) is 5.88 Å². The second kappa shape index (κ2) is 3.28. The molecule has 0 unspecified atom stereocenters. The molecule has 0 aliphatic carbocycles. The topological polar surface area (TPSA) is 83.0 Å². The summed E-state index contributed by atoms with van der Waals surface area (Å²) in [5.41, 5.74) is 14.4. The van der Waals surface area contributed by atoms with Crippen LogP contribution in [0, 0.1) is 0 Å². The summed E-state index contributed by atoms with van der Waals surface area (Å²) >= 11 is 0. The van der Waals surface area contributed by atoms with Crippen LogP contribution in [0.15, 0.2) is 35.0 Å². The molecule has 3 rings (SSSR count). The highest BCUT2D eigenvalue weighted by Crippen LogP contribution is 2.35. The normalized spacial score (nSPS) is 11.1. The number of fused-ring (bicyclic) bond motifs is 1. The molecule has 0 aliphatic rings. The first-order chi connectivity index (χ1) is 8.18. The van der Waals surface area contributed by atoms with Crippen molar-refractivity contribution in [2.45, 2.75) is 0 Å². The van der Waals surface area contributed by atoms with Crippen molar-refractivity contribution in [3.05, 3.63) is 30.5 Å². The maximum atomic E-state index is 5.84. The Labute approximate surface area is 97.6 Å². The Bertz CT molecular complexity index is 696. The molecule has 0 saturated heterocycles. The monoisotopic (exact) mass is 228 g/mol. The fourth-order valence-electron chi connectivity index (χ4n) is 2.03. The summed E-state index contributed by atoms with van der Waals surface area (Å²) in [6, 6.07) is 8.03. The molecule has 2 heterocycles. The first-order valence-corrected chi connectivity index (χ1v) is 5.23. The Morgan fingerprint density at radius 3 is 2.71 bits per heavy atom. The molecule has 1 aromatic carbocycles. The van der Waals surface area contributed by atoms with Gasteiger partial charge in [-0.2, -0.15) is 0 Å². The summed E-state index contributed by atoms with van der Waals surface area (Å²) < 4.78 is 6.92. The van der Waals surface area contributed by atoms with E-state index >= 15 is 0 Å². The Balaban J connectivity index is 2.35. The van der Waals surface area contributed by atoms with Crippen LogP contribution in [0.4, 0.5) is 11.6 Å². The Hall–Kier alpha value is -2.43. The van der Waals surface area contributed by atoms with Crippen LogP contribution in [-0.4, -0.2) is 9.72 Å². The maximum Gasteiger partial charge on any atom is 0.245 e. The largest absolute Gasteiger partial charge is 0.392 e.